The Hall–Kier alpha value is -2.67. The highest BCUT2D eigenvalue weighted by Crippen LogP contribution is 2.32. The first-order chi connectivity index (χ1) is 16.4. The van der Waals surface area contributed by atoms with E-state index in [0.717, 1.165) is 55.0 Å². The molecular formula is C28H37N3O3. The Morgan fingerprint density at radius 1 is 1.03 bits per heavy atom. The minimum absolute atomic E-state index is 0.0350. The van der Waals surface area contributed by atoms with Gasteiger partial charge in [-0.15, -0.1) is 0 Å². The number of fused-ring (bicyclic) bond motifs is 1. The molecule has 1 fully saturated rings. The van der Waals surface area contributed by atoms with Gasteiger partial charge in [-0.25, -0.2) is 0 Å². The molecule has 2 aromatic carbocycles. The molecule has 34 heavy (non-hydrogen) atoms. The summed E-state index contributed by atoms with van der Waals surface area (Å²) in [7, 11) is 0. The molecule has 1 saturated heterocycles. The molecule has 1 aliphatic heterocycles. The highest BCUT2D eigenvalue weighted by atomic mass is 16.5. The Balaban J connectivity index is 1.47. The van der Waals surface area contributed by atoms with Crippen LogP contribution < -0.4 is 4.74 Å². The fourth-order valence-corrected chi connectivity index (χ4v) is 5.01. The summed E-state index contributed by atoms with van der Waals surface area (Å²) in [6, 6.07) is 14.2. The average molecular weight is 464 g/mol. The largest absolute Gasteiger partial charge is 0.491 e. The standard InChI is InChI=1S/C28H37N3O3/c1-5-12-29-13-15-30(16-14-29)18-24(33)19-34-25-10-11-27-26(17-25)28(22(4)32)21(3)31(27)23-8-6-20(2)7-9-23/h6-11,17,24,33H,5,12-16,18-19H2,1-4H3/t24-/m0/s1. The third-order valence-corrected chi connectivity index (χ3v) is 6.74. The van der Waals surface area contributed by atoms with E-state index in [1.807, 2.05) is 25.1 Å². The minimum Gasteiger partial charge on any atom is -0.491 e. The van der Waals surface area contributed by atoms with Gasteiger partial charge in [0.1, 0.15) is 18.5 Å². The Labute approximate surface area is 202 Å². The quantitative estimate of drug-likeness (QED) is 0.482. The topological polar surface area (TPSA) is 57.9 Å². The molecule has 1 aromatic heterocycles. The first-order valence-corrected chi connectivity index (χ1v) is 12.4. The van der Waals surface area contributed by atoms with Gasteiger partial charge in [0.25, 0.3) is 0 Å². The van der Waals surface area contributed by atoms with Crippen LogP contribution in [0.4, 0.5) is 0 Å². The van der Waals surface area contributed by atoms with Crippen LogP contribution in [0.1, 0.15) is 41.9 Å². The number of aryl methyl sites for hydroxylation is 1. The summed E-state index contributed by atoms with van der Waals surface area (Å²) < 4.78 is 8.10. The summed E-state index contributed by atoms with van der Waals surface area (Å²) in [5.74, 6) is 0.704. The molecule has 1 aliphatic rings. The summed E-state index contributed by atoms with van der Waals surface area (Å²) in [5, 5.41) is 11.4. The minimum atomic E-state index is -0.556. The molecule has 0 amide bonds. The fraction of sp³-hybridized carbons (Fsp3) is 0.464. The molecule has 182 valence electrons. The van der Waals surface area contributed by atoms with E-state index in [2.05, 4.69) is 52.5 Å². The number of Topliss-reactive ketones (excluding diaryl/α,β-unsaturated/α-hetero) is 1. The van der Waals surface area contributed by atoms with Gasteiger partial charge in [0.15, 0.2) is 5.78 Å². The zero-order valence-electron chi connectivity index (χ0n) is 20.9. The molecule has 6 heteroatoms. The normalized spacial score (nSPS) is 16.1. The van der Waals surface area contributed by atoms with Crippen molar-refractivity contribution in [1.82, 2.24) is 14.4 Å². The van der Waals surface area contributed by atoms with E-state index in [1.165, 1.54) is 12.0 Å². The third-order valence-electron chi connectivity index (χ3n) is 6.74. The molecule has 1 N–H and O–H groups in total. The number of aliphatic hydroxyl groups excluding tert-OH is 1. The van der Waals surface area contributed by atoms with Crippen molar-refractivity contribution in [3.05, 3.63) is 59.3 Å². The van der Waals surface area contributed by atoms with Gasteiger partial charge in [0.05, 0.1) is 5.52 Å². The van der Waals surface area contributed by atoms with Gasteiger partial charge in [0, 0.05) is 55.1 Å². The number of aromatic nitrogens is 1. The zero-order chi connectivity index (χ0) is 24.2. The molecule has 4 rings (SSSR count). The predicted octanol–water partition coefficient (Wildman–Crippen LogP) is 4.22. The third kappa shape index (κ3) is 5.35. The molecule has 0 aliphatic carbocycles. The number of aliphatic hydroxyl groups is 1. The van der Waals surface area contributed by atoms with Crippen molar-refractivity contribution in [2.75, 3.05) is 45.9 Å². The summed E-state index contributed by atoms with van der Waals surface area (Å²) in [6.07, 6.45) is 0.625. The van der Waals surface area contributed by atoms with E-state index in [-0.39, 0.29) is 12.4 Å². The number of nitrogens with zero attached hydrogens (tertiary/aromatic N) is 3. The molecule has 0 saturated carbocycles. The van der Waals surface area contributed by atoms with Gasteiger partial charge >= 0.3 is 0 Å². The predicted molar refractivity (Wildman–Crippen MR) is 137 cm³/mol. The van der Waals surface area contributed by atoms with Crippen LogP contribution in [0.25, 0.3) is 16.6 Å². The fourth-order valence-electron chi connectivity index (χ4n) is 5.01. The maximum absolute atomic E-state index is 12.5. The highest BCUT2D eigenvalue weighted by Gasteiger charge is 2.21. The van der Waals surface area contributed by atoms with Crippen molar-refractivity contribution >= 4 is 16.7 Å². The number of carbonyl (C=O) groups excluding carboxylic acids is 1. The lowest BCUT2D eigenvalue weighted by Crippen LogP contribution is -2.49. The number of β-amino-alcohol motifs (C(OH)–C–C–N with tert-alkyl or cyclic N) is 1. The van der Waals surface area contributed by atoms with E-state index < -0.39 is 6.10 Å². The monoisotopic (exact) mass is 463 g/mol. The smallest absolute Gasteiger partial charge is 0.162 e. The second-order valence-electron chi connectivity index (χ2n) is 9.47. The van der Waals surface area contributed by atoms with E-state index in [0.29, 0.717) is 17.9 Å². The second kappa shape index (κ2) is 10.7. The number of ether oxygens (including phenoxy) is 1. The molecule has 0 unspecified atom stereocenters. The van der Waals surface area contributed by atoms with Gasteiger partial charge < -0.3 is 19.3 Å². The highest BCUT2D eigenvalue weighted by molar-refractivity contribution is 6.09. The van der Waals surface area contributed by atoms with E-state index >= 15 is 0 Å². The van der Waals surface area contributed by atoms with Gasteiger partial charge in [-0.2, -0.15) is 0 Å². The molecular weight excluding hydrogens is 426 g/mol. The molecule has 1 atom stereocenters. The molecule has 0 radical (unpaired) electrons. The van der Waals surface area contributed by atoms with Gasteiger partial charge in [-0.3, -0.25) is 9.69 Å². The lowest BCUT2D eigenvalue weighted by molar-refractivity contribution is 0.0461. The Kier molecular flexibility index (Phi) is 7.71. The van der Waals surface area contributed by atoms with Crippen LogP contribution in [-0.2, 0) is 0 Å². The van der Waals surface area contributed by atoms with Gasteiger partial charge in [-0.05, 0) is 64.1 Å². The number of ketones is 1. The number of hydrogen-bond acceptors (Lipinski definition) is 5. The second-order valence-corrected chi connectivity index (χ2v) is 9.47. The first kappa shape index (κ1) is 24.5. The van der Waals surface area contributed by atoms with Crippen molar-refractivity contribution in [2.45, 2.75) is 40.2 Å². The SMILES string of the molecule is CCCN1CCN(C[C@H](O)COc2ccc3c(c2)c(C(C)=O)c(C)n3-c2ccc(C)cc2)CC1. The summed E-state index contributed by atoms with van der Waals surface area (Å²) in [5.41, 5.74) is 4.84. The van der Waals surface area contributed by atoms with Crippen molar-refractivity contribution < 1.29 is 14.6 Å². The number of benzene rings is 2. The molecule has 0 bridgehead atoms. The van der Waals surface area contributed by atoms with E-state index in [4.69, 9.17) is 4.74 Å². The molecule has 0 spiro atoms. The average Bonchev–Trinajstić information content (AvgIpc) is 3.11. The molecule has 6 nitrogen and oxygen atoms in total. The van der Waals surface area contributed by atoms with Crippen molar-refractivity contribution in [1.29, 1.82) is 0 Å². The van der Waals surface area contributed by atoms with Crippen LogP contribution in [0.3, 0.4) is 0 Å². The van der Waals surface area contributed by atoms with Crippen LogP contribution in [0.2, 0.25) is 0 Å². The Morgan fingerprint density at radius 3 is 2.35 bits per heavy atom. The lowest BCUT2D eigenvalue weighted by Gasteiger charge is -2.35. The Bertz CT molecular complexity index is 1130. The maximum Gasteiger partial charge on any atom is 0.162 e. The summed E-state index contributed by atoms with van der Waals surface area (Å²) >= 11 is 0. The molecule has 2 heterocycles. The zero-order valence-corrected chi connectivity index (χ0v) is 20.9. The van der Waals surface area contributed by atoms with Gasteiger partial charge in [0.2, 0.25) is 0 Å². The van der Waals surface area contributed by atoms with Crippen molar-refractivity contribution in [3.8, 4) is 11.4 Å². The Morgan fingerprint density at radius 2 is 1.71 bits per heavy atom. The van der Waals surface area contributed by atoms with Crippen molar-refractivity contribution in [2.24, 2.45) is 0 Å². The van der Waals surface area contributed by atoms with Crippen LogP contribution in [0.15, 0.2) is 42.5 Å². The van der Waals surface area contributed by atoms with E-state index in [9.17, 15) is 9.90 Å². The first-order valence-electron chi connectivity index (χ1n) is 12.4. The van der Waals surface area contributed by atoms with Crippen LogP contribution in [0.5, 0.6) is 5.75 Å². The number of rotatable bonds is 9. The number of piperazine rings is 1. The summed E-state index contributed by atoms with van der Waals surface area (Å²) in [6.45, 7) is 14.0. The van der Waals surface area contributed by atoms with E-state index in [1.54, 1.807) is 6.92 Å². The number of carbonyl (C=O) groups is 1. The molecule has 3 aromatic rings. The van der Waals surface area contributed by atoms with Crippen LogP contribution in [-0.4, -0.2) is 77.2 Å². The lowest BCUT2D eigenvalue weighted by atomic mass is 10.1. The number of hydrogen-bond donors (Lipinski definition) is 1. The van der Waals surface area contributed by atoms with Crippen LogP contribution in [0, 0.1) is 13.8 Å². The van der Waals surface area contributed by atoms with Crippen LogP contribution >= 0.6 is 0 Å². The maximum atomic E-state index is 12.5. The summed E-state index contributed by atoms with van der Waals surface area (Å²) in [4.78, 5) is 17.3. The van der Waals surface area contributed by atoms with Crippen molar-refractivity contribution in [3.63, 3.8) is 0 Å². The van der Waals surface area contributed by atoms with Gasteiger partial charge in [-0.1, -0.05) is 24.6 Å².